The van der Waals surface area contributed by atoms with Gasteiger partial charge in [-0.1, -0.05) is 17.3 Å². The van der Waals surface area contributed by atoms with Gasteiger partial charge in [0.15, 0.2) is 0 Å². The molecule has 0 atom stereocenters. The average molecular weight is 350 g/mol. The number of nitrogens with zero attached hydrogens (tertiary/aromatic N) is 5. The second kappa shape index (κ2) is 6.71. The SMILES string of the molecule is O=C1CN(C(=O)CCc2nc(-c3ncccn3)no2)c2ccccc2N1. The van der Waals surface area contributed by atoms with Crippen molar-refractivity contribution in [2.45, 2.75) is 12.8 Å². The Balaban J connectivity index is 1.45. The van der Waals surface area contributed by atoms with Crippen LogP contribution in [0.3, 0.4) is 0 Å². The maximum atomic E-state index is 12.6. The van der Waals surface area contributed by atoms with E-state index in [1.54, 1.807) is 36.7 Å². The molecule has 1 aromatic carbocycles. The third-order valence-electron chi connectivity index (χ3n) is 3.86. The maximum Gasteiger partial charge on any atom is 0.244 e. The van der Waals surface area contributed by atoms with Gasteiger partial charge in [0.1, 0.15) is 6.54 Å². The summed E-state index contributed by atoms with van der Waals surface area (Å²) < 4.78 is 5.16. The summed E-state index contributed by atoms with van der Waals surface area (Å²) in [5, 5.41) is 6.58. The number of carbonyl (C=O) groups excluding carboxylic acids is 2. The van der Waals surface area contributed by atoms with Crippen LogP contribution in [0.1, 0.15) is 12.3 Å². The molecule has 0 unspecified atom stereocenters. The number of para-hydroxylation sites is 2. The molecular formula is C17H14N6O3. The van der Waals surface area contributed by atoms with E-state index in [4.69, 9.17) is 4.52 Å². The van der Waals surface area contributed by atoms with Gasteiger partial charge in [-0.2, -0.15) is 4.98 Å². The van der Waals surface area contributed by atoms with Crippen molar-refractivity contribution in [2.75, 3.05) is 16.8 Å². The number of carbonyl (C=O) groups is 2. The molecule has 4 rings (SSSR count). The van der Waals surface area contributed by atoms with Gasteiger partial charge in [-0.3, -0.25) is 9.59 Å². The number of nitrogens with one attached hydrogen (secondary N) is 1. The lowest BCUT2D eigenvalue weighted by Gasteiger charge is -2.29. The number of hydrogen-bond acceptors (Lipinski definition) is 7. The molecule has 0 aliphatic carbocycles. The molecule has 1 aliphatic rings. The van der Waals surface area contributed by atoms with Crippen LogP contribution in [-0.4, -0.2) is 38.5 Å². The highest BCUT2D eigenvalue weighted by atomic mass is 16.5. The number of benzene rings is 1. The van der Waals surface area contributed by atoms with Crippen LogP contribution in [0.25, 0.3) is 11.6 Å². The van der Waals surface area contributed by atoms with Crippen LogP contribution in [0, 0.1) is 0 Å². The van der Waals surface area contributed by atoms with Crippen molar-refractivity contribution >= 4 is 23.2 Å². The fraction of sp³-hybridized carbons (Fsp3) is 0.176. The molecular weight excluding hydrogens is 336 g/mol. The first-order valence-corrected chi connectivity index (χ1v) is 8.00. The van der Waals surface area contributed by atoms with Gasteiger partial charge in [-0.05, 0) is 18.2 Å². The second-order valence-corrected chi connectivity index (χ2v) is 5.63. The van der Waals surface area contributed by atoms with E-state index in [0.29, 0.717) is 23.1 Å². The van der Waals surface area contributed by atoms with Gasteiger partial charge < -0.3 is 14.7 Å². The Bertz CT molecular complexity index is 956. The number of anilines is 2. The zero-order valence-electron chi connectivity index (χ0n) is 13.6. The molecule has 130 valence electrons. The Morgan fingerprint density at radius 1 is 1.15 bits per heavy atom. The third kappa shape index (κ3) is 3.14. The minimum atomic E-state index is -0.224. The quantitative estimate of drug-likeness (QED) is 0.757. The summed E-state index contributed by atoms with van der Waals surface area (Å²) in [5.41, 5.74) is 1.31. The van der Waals surface area contributed by atoms with Crippen molar-refractivity contribution in [2.24, 2.45) is 0 Å². The van der Waals surface area contributed by atoms with Gasteiger partial charge in [0.05, 0.1) is 11.4 Å². The van der Waals surface area contributed by atoms with Crippen molar-refractivity contribution in [3.05, 3.63) is 48.6 Å². The Kier molecular flexibility index (Phi) is 4.10. The van der Waals surface area contributed by atoms with E-state index in [0.717, 1.165) is 0 Å². The predicted octanol–water partition coefficient (Wildman–Crippen LogP) is 1.44. The highest BCUT2D eigenvalue weighted by Gasteiger charge is 2.26. The average Bonchev–Trinajstić information content (AvgIpc) is 3.15. The molecule has 1 N–H and O–H groups in total. The highest BCUT2D eigenvalue weighted by molar-refractivity contribution is 6.09. The second-order valence-electron chi connectivity index (χ2n) is 5.63. The largest absolute Gasteiger partial charge is 0.339 e. The summed E-state index contributed by atoms with van der Waals surface area (Å²) in [6.07, 6.45) is 3.57. The molecule has 9 heteroatoms. The Labute approximate surface area is 148 Å². The van der Waals surface area contributed by atoms with E-state index in [2.05, 4.69) is 25.4 Å². The monoisotopic (exact) mass is 350 g/mol. The molecule has 2 aromatic heterocycles. The van der Waals surface area contributed by atoms with Crippen LogP contribution >= 0.6 is 0 Å². The van der Waals surface area contributed by atoms with Crippen LogP contribution in [-0.2, 0) is 16.0 Å². The summed E-state index contributed by atoms with van der Waals surface area (Å²) in [6.45, 7) is -0.0111. The molecule has 0 saturated carbocycles. The zero-order chi connectivity index (χ0) is 17.9. The topological polar surface area (TPSA) is 114 Å². The summed E-state index contributed by atoms with van der Waals surface area (Å²) in [5.74, 6) is 0.531. The number of aromatic nitrogens is 4. The smallest absolute Gasteiger partial charge is 0.244 e. The van der Waals surface area contributed by atoms with Crippen molar-refractivity contribution < 1.29 is 14.1 Å². The van der Waals surface area contributed by atoms with E-state index in [-0.39, 0.29) is 37.0 Å². The first-order chi connectivity index (χ1) is 12.7. The summed E-state index contributed by atoms with van der Waals surface area (Å²) >= 11 is 0. The van der Waals surface area contributed by atoms with Gasteiger partial charge in [-0.25, -0.2) is 9.97 Å². The lowest BCUT2D eigenvalue weighted by Crippen LogP contribution is -2.42. The van der Waals surface area contributed by atoms with Gasteiger partial charge in [0, 0.05) is 25.2 Å². The first kappa shape index (κ1) is 15.9. The zero-order valence-corrected chi connectivity index (χ0v) is 13.6. The van der Waals surface area contributed by atoms with Gasteiger partial charge in [0.2, 0.25) is 29.4 Å². The molecule has 26 heavy (non-hydrogen) atoms. The van der Waals surface area contributed by atoms with Gasteiger partial charge in [0.25, 0.3) is 0 Å². The van der Waals surface area contributed by atoms with Crippen LogP contribution in [0.4, 0.5) is 11.4 Å². The molecule has 0 radical (unpaired) electrons. The lowest BCUT2D eigenvalue weighted by atomic mass is 10.1. The molecule has 3 aromatic rings. The third-order valence-corrected chi connectivity index (χ3v) is 3.86. The molecule has 3 heterocycles. The van der Waals surface area contributed by atoms with Gasteiger partial charge in [-0.15, -0.1) is 0 Å². The van der Waals surface area contributed by atoms with Crippen molar-refractivity contribution in [1.82, 2.24) is 20.1 Å². The number of aryl methyl sites for hydroxylation is 1. The predicted molar refractivity (Wildman–Crippen MR) is 91.1 cm³/mol. The van der Waals surface area contributed by atoms with E-state index in [9.17, 15) is 9.59 Å². The summed E-state index contributed by atoms with van der Waals surface area (Å²) in [7, 11) is 0. The molecule has 1 aliphatic heterocycles. The maximum absolute atomic E-state index is 12.6. The number of amides is 2. The highest BCUT2D eigenvalue weighted by Crippen LogP contribution is 2.29. The summed E-state index contributed by atoms with van der Waals surface area (Å²) in [4.78, 5) is 38.2. The minimum absolute atomic E-state index is 0.0111. The standard InChI is InChI=1S/C17H14N6O3/c24-13-10-23(12-5-2-1-4-11(12)20-13)15(25)7-6-14-21-17(22-26-14)16-18-8-3-9-19-16/h1-5,8-9H,6-7,10H2,(H,20,24). The number of fused-ring (bicyclic) bond motifs is 1. The first-order valence-electron chi connectivity index (χ1n) is 8.00. The van der Waals surface area contributed by atoms with Crippen molar-refractivity contribution in [3.8, 4) is 11.6 Å². The Morgan fingerprint density at radius 2 is 1.96 bits per heavy atom. The molecule has 0 saturated heterocycles. The molecule has 9 nitrogen and oxygen atoms in total. The normalized spacial score (nSPS) is 13.2. The van der Waals surface area contributed by atoms with Crippen molar-refractivity contribution in [1.29, 1.82) is 0 Å². The van der Waals surface area contributed by atoms with Crippen LogP contribution in [0.2, 0.25) is 0 Å². The van der Waals surface area contributed by atoms with E-state index in [1.165, 1.54) is 4.90 Å². The fourth-order valence-electron chi connectivity index (χ4n) is 2.67. The lowest BCUT2D eigenvalue weighted by molar-refractivity contribution is -0.121. The molecule has 0 bridgehead atoms. The van der Waals surface area contributed by atoms with E-state index >= 15 is 0 Å². The van der Waals surface area contributed by atoms with Crippen LogP contribution < -0.4 is 10.2 Å². The van der Waals surface area contributed by atoms with E-state index < -0.39 is 0 Å². The summed E-state index contributed by atoms with van der Waals surface area (Å²) in [6, 6.07) is 8.87. The molecule has 0 spiro atoms. The molecule has 2 amide bonds. The van der Waals surface area contributed by atoms with Crippen LogP contribution in [0.15, 0.2) is 47.2 Å². The Morgan fingerprint density at radius 3 is 2.81 bits per heavy atom. The molecule has 0 fully saturated rings. The van der Waals surface area contributed by atoms with Gasteiger partial charge >= 0.3 is 0 Å². The Hall–Kier alpha value is -3.62. The van der Waals surface area contributed by atoms with Crippen molar-refractivity contribution in [3.63, 3.8) is 0 Å². The van der Waals surface area contributed by atoms with E-state index in [1.807, 2.05) is 6.07 Å². The fourth-order valence-corrected chi connectivity index (χ4v) is 2.67. The van der Waals surface area contributed by atoms with Crippen LogP contribution in [0.5, 0.6) is 0 Å². The minimum Gasteiger partial charge on any atom is -0.339 e. The number of hydrogen-bond donors (Lipinski definition) is 1. The number of rotatable bonds is 4.